The van der Waals surface area contributed by atoms with Gasteiger partial charge in [-0.1, -0.05) is 60.3 Å². The molecule has 6 nitrogen and oxygen atoms in total. The normalized spacial score (nSPS) is 14.7. The summed E-state index contributed by atoms with van der Waals surface area (Å²) in [5.41, 5.74) is 2.93. The average Bonchev–Trinajstić information content (AvgIpc) is 3.16. The Morgan fingerprint density at radius 2 is 1.97 bits per heavy atom. The quantitative estimate of drug-likeness (QED) is 0.535. The van der Waals surface area contributed by atoms with E-state index >= 15 is 0 Å². The lowest BCUT2D eigenvalue weighted by atomic mass is 9.96. The number of urea groups is 1. The van der Waals surface area contributed by atoms with Crippen LogP contribution in [0, 0.1) is 6.92 Å². The van der Waals surface area contributed by atoms with Gasteiger partial charge in [0.1, 0.15) is 12.4 Å². The number of fused-ring (bicyclic) bond motifs is 1. The molecule has 2 aromatic carbocycles. The summed E-state index contributed by atoms with van der Waals surface area (Å²) >= 11 is 1.14. The van der Waals surface area contributed by atoms with Crippen molar-refractivity contribution in [3.8, 4) is 5.75 Å². The summed E-state index contributed by atoms with van der Waals surface area (Å²) in [6, 6.07) is 13.9. The molecule has 1 saturated carbocycles. The van der Waals surface area contributed by atoms with E-state index in [0.29, 0.717) is 23.0 Å². The standard InChI is InChI=1S/C22H25N3O3S/c1-15-10-12-16(13-11-15)14-27-18-8-5-9-19-20(18)21(24-28-19)29-25-22(26)23-17-6-3-2-4-7-17/h5,8-13,17H,2-4,6-7,14H2,1H3,(H2,23,25,26). The van der Waals surface area contributed by atoms with Crippen molar-refractivity contribution in [2.45, 2.75) is 56.7 Å². The second-order valence-corrected chi connectivity index (χ2v) is 8.20. The molecule has 152 valence electrons. The van der Waals surface area contributed by atoms with Crippen LogP contribution in [-0.2, 0) is 6.61 Å². The highest BCUT2D eigenvalue weighted by atomic mass is 32.2. The first kappa shape index (κ1) is 19.6. The van der Waals surface area contributed by atoms with Crippen molar-refractivity contribution in [1.29, 1.82) is 0 Å². The maximum atomic E-state index is 12.2. The molecule has 0 radical (unpaired) electrons. The largest absolute Gasteiger partial charge is 0.488 e. The molecule has 2 amide bonds. The minimum atomic E-state index is -0.198. The van der Waals surface area contributed by atoms with Gasteiger partial charge in [0.15, 0.2) is 10.6 Å². The number of hydrogen-bond donors (Lipinski definition) is 2. The van der Waals surface area contributed by atoms with E-state index in [1.807, 2.05) is 18.2 Å². The highest BCUT2D eigenvalue weighted by molar-refractivity contribution is 7.98. The Balaban J connectivity index is 1.41. The number of benzene rings is 2. The monoisotopic (exact) mass is 411 g/mol. The topological polar surface area (TPSA) is 76.4 Å². The molecule has 0 unspecified atom stereocenters. The van der Waals surface area contributed by atoms with Gasteiger partial charge in [0.2, 0.25) is 0 Å². The van der Waals surface area contributed by atoms with Crippen molar-refractivity contribution in [3.05, 3.63) is 53.6 Å². The minimum absolute atomic E-state index is 0.198. The molecule has 1 aliphatic rings. The van der Waals surface area contributed by atoms with E-state index < -0.39 is 0 Å². The van der Waals surface area contributed by atoms with Crippen LogP contribution in [0.1, 0.15) is 43.2 Å². The Morgan fingerprint density at radius 1 is 1.17 bits per heavy atom. The van der Waals surface area contributed by atoms with E-state index in [-0.39, 0.29) is 12.1 Å². The summed E-state index contributed by atoms with van der Waals surface area (Å²) in [7, 11) is 0. The summed E-state index contributed by atoms with van der Waals surface area (Å²) < 4.78 is 14.3. The minimum Gasteiger partial charge on any atom is -0.488 e. The number of carbonyl (C=O) groups excluding carboxylic acids is 1. The molecule has 1 aromatic heterocycles. The molecule has 1 heterocycles. The maximum absolute atomic E-state index is 12.2. The fourth-order valence-corrected chi connectivity index (χ4v) is 4.15. The predicted octanol–water partition coefficient (Wildman–Crippen LogP) is 5.35. The Hall–Kier alpha value is -2.67. The summed E-state index contributed by atoms with van der Waals surface area (Å²) in [6.07, 6.45) is 5.69. The number of carbonyl (C=O) groups is 1. The first-order chi connectivity index (χ1) is 14.2. The molecular formula is C22H25N3O3S. The summed E-state index contributed by atoms with van der Waals surface area (Å²) in [4.78, 5) is 12.2. The number of amides is 2. The Bertz CT molecular complexity index is 965. The van der Waals surface area contributed by atoms with Crippen molar-refractivity contribution in [2.75, 3.05) is 0 Å². The molecule has 0 saturated heterocycles. The molecule has 3 aromatic rings. The van der Waals surface area contributed by atoms with Crippen molar-refractivity contribution < 1.29 is 14.1 Å². The van der Waals surface area contributed by atoms with Crippen molar-refractivity contribution in [3.63, 3.8) is 0 Å². The zero-order valence-corrected chi connectivity index (χ0v) is 17.3. The Morgan fingerprint density at radius 3 is 2.76 bits per heavy atom. The third-order valence-corrected chi connectivity index (χ3v) is 5.88. The van der Waals surface area contributed by atoms with Gasteiger partial charge in [-0.2, -0.15) is 0 Å². The molecule has 0 spiro atoms. The maximum Gasteiger partial charge on any atom is 0.325 e. The molecule has 0 atom stereocenters. The van der Waals surface area contributed by atoms with E-state index in [1.54, 1.807) is 0 Å². The predicted molar refractivity (Wildman–Crippen MR) is 114 cm³/mol. The van der Waals surface area contributed by atoms with Crippen LogP contribution < -0.4 is 14.8 Å². The fourth-order valence-electron chi connectivity index (χ4n) is 3.53. The van der Waals surface area contributed by atoms with E-state index in [0.717, 1.165) is 35.7 Å². The van der Waals surface area contributed by atoms with E-state index in [2.05, 4.69) is 46.4 Å². The summed E-state index contributed by atoms with van der Waals surface area (Å²) in [5, 5.41) is 8.49. The highest BCUT2D eigenvalue weighted by Crippen LogP contribution is 2.34. The lowest BCUT2D eigenvalue weighted by Gasteiger charge is -2.22. The van der Waals surface area contributed by atoms with E-state index in [9.17, 15) is 4.79 Å². The van der Waals surface area contributed by atoms with Crippen LogP contribution in [-0.4, -0.2) is 17.2 Å². The molecule has 0 bridgehead atoms. The third kappa shape index (κ3) is 5.03. The third-order valence-electron chi connectivity index (χ3n) is 5.12. The molecule has 7 heteroatoms. The molecule has 1 fully saturated rings. The number of nitrogens with one attached hydrogen (secondary N) is 2. The Labute approximate surface area is 174 Å². The number of aryl methyl sites for hydroxylation is 1. The number of rotatable bonds is 6. The van der Waals surface area contributed by atoms with Gasteiger partial charge in [-0.05, 0) is 37.5 Å². The second-order valence-electron chi connectivity index (χ2n) is 7.40. The zero-order valence-electron chi connectivity index (χ0n) is 16.4. The summed E-state index contributed by atoms with van der Waals surface area (Å²) in [5.74, 6) is 0.682. The van der Waals surface area contributed by atoms with Gasteiger partial charge < -0.3 is 14.6 Å². The van der Waals surface area contributed by atoms with Gasteiger partial charge in [-0.15, -0.1) is 0 Å². The van der Waals surface area contributed by atoms with Crippen LogP contribution in [0.5, 0.6) is 5.75 Å². The lowest BCUT2D eigenvalue weighted by molar-refractivity contribution is 0.238. The van der Waals surface area contributed by atoms with Crippen molar-refractivity contribution >= 4 is 28.9 Å². The van der Waals surface area contributed by atoms with Gasteiger partial charge in [0.05, 0.1) is 5.39 Å². The number of aromatic nitrogens is 1. The van der Waals surface area contributed by atoms with Crippen LogP contribution in [0.2, 0.25) is 0 Å². The number of nitrogens with zero attached hydrogens (tertiary/aromatic N) is 1. The van der Waals surface area contributed by atoms with Crippen LogP contribution in [0.15, 0.2) is 52.0 Å². The molecule has 29 heavy (non-hydrogen) atoms. The van der Waals surface area contributed by atoms with Crippen LogP contribution in [0.25, 0.3) is 11.0 Å². The van der Waals surface area contributed by atoms with Crippen molar-refractivity contribution in [2.24, 2.45) is 0 Å². The first-order valence-corrected chi connectivity index (χ1v) is 10.8. The smallest absolute Gasteiger partial charge is 0.325 e. The van der Waals surface area contributed by atoms with Crippen LogP contribution in [0.3, 0.4) is 0 Å². The van der Waals surface area contributed by atoms with Crippen LogP contribution >= 0.6 is 11.9 Å². The lowest BCUT2D eigenvalue weighted by Crippen LogP contribution is -2.40. The molecule has 4 rings (SSSR count). The van der Waals surface area contributed by atoms with Gasteiger partial charge in [0, 0.05) is 18.0 Å². The number of hydrogen-bond acceptors (Lipinski definition) is 5. The van der Waals surface area contributed by atoms with Gasteiger partial charge in [0.25, 0.3) is 0 Å². The van der Waals surface area contributed by atoms with Gasteiger partial charge >= 0.3 is 6.03 Å². The average molecular weight is 412 g/mol. The van der Waals surface area contributed by atoms with E-state index in [4.69, 9.17) is 9.26 Å². The molecule has 0 aliphatic heterocycles. The zero-order chi connectivity index (χ0) is 20.1. The second kappa shape index (κ2) is 9.22. The number of ether oxygens (including phenoxy) is 1. The molecule has 2 N–H and O–H groups in total. The molecule has 1 aliphatic carbocycles. The SMILES string of the molecule is Cc1ccc(COc2cccc3onc(SNC(=O)NC4CCCCC4)c23)cc1. The Kier molecular flexibility index (Phi) is 6.24. The fraction of sp³-hybridized carbons (Fsp3) is 0.364. The van der Waals surface area contributed by atoms with Crippen molar-refractivity contribution in [1.82, 2.24) is 15.2 Å². The van der Waals surface area contributed by atoms with Gasteiger partial charge in [-0.25, -0.2) is 4.79 Å². The van der Waals surface area contributed by atoms with E-state index in [1.165, 1.54) is 24.8 Å². The highest BCUT2D eigenvalue weighted by Gasteiger charge is 2.18. The summed E-state index contributed by atoms with van der Waals surface area (Å²) in [6.45, 7) is 2.51. The van der Waals surface area contributed by atoms with Gasteiger partial charge in [-0.3, -0.25) is 4.72 Å². The first-order valence-electron chi connectivity index (χ1n) is 9.99. The van der Waals surface area contributed by atoms with Crippen LogP contribution in [0.4, 0.5) is 4.79 Å². The molecular weight excluding hydrogens is 386 g/mol.